The molecule has 2 aromatic carbocycles. The van der Waals surface area contributed by atoms with E-state index < -0.39 is 0 Å². The Morgan fingerprint density at radius 3 is 2.67 bits per heavy atom. The minimum atomic E-state index is -0.132. The number of amides is 1. The van der Waals surface area contributed by atoms with E-state index in [1.54, 1.807) is 13.4 Å². The van der Waals surface area contributed by atoms with E-state index in [0.717, 1.165) is 40.2 Å². The van der Waals surface area contributed by atoms with E-state index in [4.69, 9.17) is 18.6 Å². The Kier molecular flexibility index (Phi) is 5.84. The van der Waals surface area contributed by atoms with Crippen LogP contribution in [0.5, 0.6) is 17.2 Å². The summed E-state index contributed by atoms with van der Waals surface area (Å²) >= 11 is 0. The molecule has 4 rings (SSSR count). The molecule has 0 aliphatic carbocycles. The van der Waals surface area contributed by atoms with Crippen molar-refractivity contribution in [2.24, 2.45) is 5.92 Å². The van der Waals surface area contributed by atoms with E-state index in [9.17, 15) is 4.79 Å². The lowest BCUT2D eigenvalue weighted by Crippen LogP contribution is -2.32. The van der Waals surface area contributed by atoms with Gasteiger partial charge in [-0.3, -0.25) is 4.79 Å². The molecule has 1 atom stereocenters. The van der Waals surface area contributed by atoms with E-state index in [2.05, 4.69) is 19.2 Å². The minimum Gasteiger partial charge on any atom is -0.497 e. The summed E-state index contributed by atoms with van der Waals surface area (Å²) in [6, 6.07) is 11.4. The standard InChI is InChI=1S/C24H27NO5/c1-15(2)24(16-5-8-20-22(11-16)29-10-4-9-28-20)25-23(26)12-17-14-30-21-13-18(27-3)6-7-19(17)21/h5-8,11,13-15,24H,4,9-10,12H2,1-3H3,(H,25,26)/t24-/m1/s1. The molecular formula is C24H27NO5. The number of hydrogen-bond acceptors (Lipinski definition) is 5. The zero-order valence-electron chi connectivity index (χ0n) is 17.6. The maximum atomic E-state index is 12.9. The van der Waals surface area contributed by atoms with Crippen molar-refractivity contribution in [3.8, 4) is 17.2 Å². The summed E-state index contributed by atoms with van der Waals surface area (Å²) in [5, 5.41) is 4.10. The van der Waals surface area contributed by atoms with Gasteiger partial charge < -0.3 is 23.9 Å². The van der Waals surface area contributed by atoms with Crippen molar-refractivity contribution < 1.29 is 23.4 Å². The molecule has 30 heavy (non-hydrogen) atoms. The average molecular weight is 409 g/mol. The Morgan fingerprint density at radius 1 is 1.10 bits per heavy atom. The van der Waals surface area contributed by atoms with E-state index in [0.29, 0.717) is 18.8 Å². The van der Waals surface area contributed by atoms with Crippen LogP contribution in [0.1, 0.15) is 37.4 Å². The molecule has 1 aromatic heterocycles. The Balaban J connectivity index is 1.51. The Bertz CT molecular complexity index is 1040. The molecule has 1 aliphatic rings. The normalized spacial score (nSPS) is 14.4. The molecular weight excluding hydrogens is 382 g/mol. The van der Waals surface area contributed by atoms with Crippen LogP contribution in [0, 0.1) is 5.92 Å². The summed E-state index contributed by atoms with van der Waals surface area (Å²) in [7, 11) is 1.62. The van der Waals surface area contributed by atoms with E-state index in [1.165, 1.54) is 0 Å². The van der Waals surface area contributed by atoms with Crippen LogP contribution in [0.3, 0.4) is 0 Å². The van der Waals surface area contributed by atoms with Crippen molar-refractivity contribution in [1.29, 1.82) is 0 Å². The molecule has 0 bridgehead atoms. The van der Waals surface area contributed by atoms with Crippen molar-refractivity contribution in [3.63, 3.8) is 0 Å². The highest BCUT2D eigenvalue weighted by Crippen LogP contribution is 2.34. The summed E-state index contributed by atoms with van der Waals surface area (Å²) in [6.45, 7) is 5.47. The second kappa shape index (κ2) is 8.69. The lowest BCUT2D eigenvalue weighted by atomic mass is 9.95. The average Bonchev–Trinajstić information content (AvgIpc) is 2.98. The summed E-state index contributed by atoms with van der Waals surface area (Å²) in [5.41, 5.74) is 2.57. The van der Waals surface area contributed by atoms with Crippen LogP contribution in [0.15, 0.2) is 47.1 Å². The second-order valence-electron chi connectivity index (χ2n) is 7.85. The molecule has 6 heteroatoms. The molecule has 0 unspecified atom stereocenters. The highest BCUT2D eigenvalue weighted by Gasteiger charge is 2.22. The summed E-state index contributed by atoms with van der Waals surface area (Å²) in [4.78, 5) is 12.9. The Morgan fingerprint density at radius 2 is 1.90 bits per heavy atom. The number of ether oxygens (including phenoxy) is 3. The van der Waals surface area contributed by atoms with Crippen molar-refractivity contribution >= 4 is 16.9 Å². The minimum absolute atomic E-state index is 0.0562. The van der Waals surface area contributed by atoms with Crippen molar-refractivity contribution in [2.75, 3.05) is 20.3 Å². The molecule has 0 radical (unpaired) electrons. The van der Waals surface area contributed by atoms with Gasteiger partial charge in [0.25, 0.3) is 0 Å². The van der Waals surface area contributed by atoms with Gasteiger partial charge in [-0.05, 0) is 35.7 Å². The third-order valence-corrected chi connectivity index (χ3v) is 5.33. The van der Waals surface area contributed by atoms with Crippen LogP contribution in [-0.4, -0.2) is 26.2 Å². The predicted molar refractivity (Wildman–Crippen MR) is 114 cm³/mol. The highest BCUT2D eigenvalue weighted by molar-refractivity contribution is 5.88. The van der Waals surface area contributed by atoms with Gasteiger partial charge in [0.1, 0.15) is 11.3 Å². The number of methoxy groups -OCH3 is 1. The van der Waals surface area contributed by atoms with Gasteiger partial charge in [0.2, 0.25) is 5.91 Å². The topological polar surface area (TPSA) is 69.9 Å². The molecule has 158 valence electrons. The number of carbonyl (C=O) groups excluding carboxylic acids is 1. The number of benzene rings is 2. The largest absolute Gasteiger partial charge is 0.497 e. The maximum absolute atomic E-state index is 12.9. The van der Waals surface area contributed by atoms with Crippen molar-refractivity contribution in [3.05, 3.63) is 53.8 Å². The SMILES string of the molecule is COc1ccc2c(CC(=O)N[C@@H](c3ccc4c(c3)OCCCO4)C(C)C)coc2c1. The van der Waals surface area contributed by atoms with E-state index in [-0.39, 0.29) is 24.3 Å². The second-order valence-corrected chi connectivity index (χ2v) is 7.85. The van der Waals surface area contributed by atoms with Gasteiger partial charge in [0.15, 0.2) is 11.5 Å². The zero-order valence-corrected chi connectivity index (χ0v) is 17.6. The highest BCUT2D eigenvalue weighted by atomic mass is 16.5. The summed E-state index contributed by atoms with van der Waals surface area (Å²) in [6.07, 6.45) is 2.74. The first kappa shape index (κ1) is 20.1. The van der Waals surface area contributed by atoms with Crippen LogP contribution >= 0.6 is 0 Å². The van der Waals surface area contributed by atoms with Gasteiger partial charge in [-0.15, -0.1) is 0 Å². The molecule has 0 spiro atoms. The Labute approximate surface area is 176 Å². The first-order valence-corrected chi connectivity index (χ1v) is 10.3. The van der Waals surface area contributed by atoms with Crippen LogP contribution in [-0.2, 0) is 11.2 Å². The predicted octanol–water partition coefficient (Wildman–Crippen LogP) is 4.66. The van der Waals surface area contributed by atoms with Crippen molar-refractivity contribution in [1.82, 2.24) is 5.32 Å². The van der Waals surface area contributed by atoms with Gasteiger partial charge in [-0.25, -0.2) is 0 Å². The van der Waals surface area contributed by atoms with Gasteiger partial charge >= 0.3 is 0 Å². The number of furan rings is 1. The van der Waals surface area contributed by atoms with Gasteiger partial charge in [0, 0.05) is 23.4 Å². The number of nitrogens with one attached hydrogen (secondary N) is 1. The third-order valence-electron chi connectivity index (χ3n) is 5.33. The molecule has 6 nitrogen and oxygen atoms in total. The number of hydrogen-bond donors (Lipinski definition) is 1. The van der Waals surface area contributed by atoms with Crippen LogP contribution < -0.4 is 19.5 Å². The van der Waals surface area contributed by atoms with Gasteiger partial charge in [-0.1, -0.05) is 19.9 Å². The molecule has 1 N–H and O–H groups in total. The number of fused-ring (bicyclic) bond motifs is 2. The number of carbonyl (C=O) groups is 1. The zero-order chi connectivity index (χ0) is 21.1. The number of rotatable bonds is 6. The fraction of sp³-hybridized carbons (Fsp3) is 0.375. The molecule has 0 saturated heterocycles. The summed E-state index contributed by atoms with van der Waals surface area (Å²) < 4.78 is 22.4. The fourth-order valence-corrected chi connectivity index (χ4v) is 3.73. The van der Waals surface area contributed by atoms with Gasteiger partial charge in [0.05, 0.1) is 39.0 Å². The summed E-state index contributed by atoms with van der Waals surface area (Å²) in [5.74, 6) is 2.37. The van der Waals surface area contributed by atoms with Gasteiger partial charge in [-0.2, -0.15) is 0 Å². The quantitative estimate of drug-likeness (QED) is 0.641. The third kappa shape index (κ3) is 4.22. The first-order valence-electron chi connectivity index (χ1n) is 10.3. The molecule has 1 aliphatic heterocycles. The van der Waals surface area contributed by atoms with Crippen LogP contribution in [0.4, 0.5) is 0 Å². The monoisotopic (exact) mass is 409 g/mol. The Hall–Kier alpha value is -3.15. The molecule has 0 saturated carbocycles. The molecule has 1 amide bonds. The van der Waals surface area contributed by atoms with Crippen molar-refractivity contribution in [2.45, 2.75) is 32.7 Å². The lowest BCUT2D eigenvalue weighted by Gasteiger charge is -2.24. The first-order chi connectivity index (χ1) is 14.5. The maximum Gasteiger partial charge on any atom is 0.225 e. The van der Waals surface area contributed by atoms with Crippen LogP contribution in [0.25, 0.3) is 11.0 Å². The molecule has 0 fully saturated rings. The van der Waals surface area contributed by atoms with Crippen LogP contribution in [0.2, 0.25) is 0 Å². The lowest BCUT2D eigenvalue weighted by molar-refractivity contribution is -0.121. The fourth-order valence-electron chi connectivity index (χ4n) is 3.73. The van der Waals surface area contributed by atoms with E-state index in [1.807, 2.05) is 36.4 Å². The molecule has 3 aromatic rings. The molecule has 2 heterocycles. The smallest absolute Gasteiger partial charge is 0.225 e. The van der Waals surface area contributed by atoms with E-state index >= 15 is 0 Å².